The van der Waals surface area contributed by atoms with Crippen molar-refractivity contribution in [2.75, 3.05) is 6.54 Å². The highest BCUT2D eigenvalue weighted by molar-refractivity contribution is 5.35. The molecule has 0 atom stereocenters. The van der Waals surface area contributed by atoms with Gasteiger partial charge in [-0.2, -0.15) is 0 Å². The van der Waals surface area contributed by atoms with Crippen molar-refractivity contribution in [3.05, 3.63) is 135 Å². The van der Waals surface area contributed by atoms with Crippen LogP contribution in [0.3, 0.4) is 0 Å². The maximum Gasteiger partial charge on any atom is 0.259 e. The third-order valence-electron chi connectivity index (χ3n) is 6.53. The van der Waals surface area contributed by atoms with Crippen molar-refractivity contribution in [1.29, 1.82) is 0 Å². The van der Waals surface area contributed by atoms with Crippen LogP contribution in [0.15, 0.2) is 89.7 Å². The van der Waals surface area contributed by atoms with Gasteiger partial charge in [-0.05, 0) is 30.5 Å². The molecule has 2 heterocycles. The van der Waals surface area contributed by atoms with E-state index in [4.69, 9.17) is 4.98 Å². The molecule has 0 saturated carbocycles. The van der Waals surface area contributed by atoms with E-state index in [1.165, 1.54) is 17.5 Å². The second-order valence-corrected chi connectivity index (χ2v) is 9.64. The third-order valence-corrected chi connectivity index (χ3v) is 6.53. The number of hydrogen-bond donors (Lipinski definition) is 0. The number of aryl methyl sites for hydroxylation is 2. The Labute approximate surface area is 215 Å². The molecule has 0 radical (unpaired) electrons. The molecule has 0 aliphatic carbocycles. The lowest BCUT2D eigenvalue weighted by Crippen LogP contribution is -2.40. The highest BCUT2D eigenvalue weighted by Crippen LogP contribution is 2.27. The van der Waals surface area contributed by atoms with Crippen LogP contribution >= 0.6 is 0 Å². The highest BCUT2D eigenvalue weighted by atomic mass is 16.1. The van der Waals surface area contributed by atoms with Gasteiger partial charge in [0, 0.05) is 26.1 Å². The van der Waals surface area contributed by atoms with Gasteiger partial charge in [0.2, 0.25) is 0 Å². The number of aromatic nitrogens is 2. The van der Waals surface area contributed by atoms with Crippen LogP contribution in [0.4, 0.5) is 0 Å². The standard InChI is InChI=1S/C29H29N3O.C3H8/c1-21-13-15-23(16-14-21)19-31-18-17-27-26(20-31)29(33)32(22(2)30-27)28(24-9-5-3-6-10-24)25-11-7-4-8-12-25;1-3-2/h3-16,28H,17-20H2,1-2H3;3H2,1-2H3. The Hall–Kier alpha value is -3.50. The summed E-state index contributed by atoms with van der Waals surface area (Å²) in [5, 5.41) is 0. The fourth-order valence-corrected chi connectivity index (χ4v) is 4.82. The first kappa shape index (κ1) is 25.6. The predicted molar refractivity (Wildman–Crippen MR) is 148 cm³/mol. The lowest BCUT2D eigenvalue weighted by molar-refractivity contribution is 0.240. The van der Waals surface area contributed by atoms with Gasteiger partial charge < -0.3 is 0 Å². The lowest BCUT2D eigenvalue weighted by Gasteiger charge is -2.30. The van der Waals surface area contributed by atoms with E-state index in [2.05, 4.69) is 74.2 Å². The molecule has 1 aliphatic rings. The summed E-state index contributed by atoms with van der Waals surface area (Å²) < 4.78 is 1.89. The largest absolute Gasteiger partial charge is 0.294 e. The Kier molecular flexibility index (Phi) is 8.50. The van der Waals surface area contributed by atoms with Crippen molar-refractivity contribution in [1.82, 2.24) is 14.5 Å². The van der Waals surface area contributed by atoms with Crippen molar-refractivity contribution >= 4 is 0 Å². The summed E-state index contributed by atoms with van der Waals surface area (Å²) in [6.07, 6.45) is 2.06. The summed E-state index contributed by atoms with van der Waals surface area (Å²) in [5.41, 5.74) is 6.56. The Morgan fingerprint density at radius 2 is 1.39 bits per heavy atom. The Balaban J connectivity index is 0.000000967. The SMILES string of the molecule is CCC.Cc1ccc(CN2CCc3nc(C)n(C(c4ccccc4)c4ccccc4)c(=O)c3C2)cc1. The van der Waals surface area contributed by atoms with Crippen LogP contribution in [0.2, 0.25) is 0 Å². The molecule has 4 aromatic rings. The van der Waals surface area contributed by atoms with Crippen LogP contribution in [0, 0.1) is 13.8 Å². The fraction of sp³-hybridized carbons (Fsp3) is 0.312. The molecule has 1 aromatic heterocycles. The van der Waals surface area contributed by atoms with Gasteiger partial charge in [-0.15, -0.1) is 0 Å². The first-order chi connectivity index (χ1) is 17.5. The molecule has 3 aromatic carbocycles. The van der Waals surface area contributed by atoms with Gasteiger partial charge in [0.15, 0.2) is 0 Å². The molecule has 186 valence electrons. The van der Waals surface area contributed by atoms with Gasteiger partial charge in [0.1, 0.15) is 5.82 Å². The van der Waals surface area contributed by atoms with E-state index in [1.807, 2.05) is 47.9 Å². The number of benzene rings is 3. The van der Waals surface area contributed by atoms with Crippen LogP contribution in [0.5, 0.6) is 0 Å². The van der Waals surface area contributed by atoms with E-state index in [9.17, 15) is 4.79 Å². The number of nitrogens with zero attached hydrogens (tertiary/aromatic N) is 3. The molecule has 4 heteroatoms. The zero-order chi connectivity index (χ0) is 25.5. The molecule has 1 aliphatic heterocycles. The van der Waals surface area contributed by atoms with E-state index >= 15 is 0 Å². The molecule has 0 fully saturated rings. The van der Waals surface area contributed by atoms with E-state index in [0.29, 0.717) is 6.54 Å². The predicted octanol–water partition coefficient (Wildman–Crippen LogP) is 6.47. The monoisotopic (exact) mass is 479 g/mol. The van der Waals surface area contributed by atoms with Crippen molar-refractivity contribution in [3.63, 3.8) is 0 Å². The Morgan fingerprint density at radius 3 is 1.94 bits per heavy atom. The second-order valence-electron chi connectivity index (χ2n) is 9.64. The van der Waals surface area contributed by atoms with E-state index < -0.39 is 0 Å². The minimum absolute atomic E-state index is 0.0730. The molecule has 36 heavy (non-hydrogen) atoms. The zero-order valence-corrected chi connectivity index (χ0v) is 21.9. The molecule has 0 N–H and O–H groups in total. The summed E-state index contributed by atoms with van der Waals surface area (Å²) in [6.45, 7) is 10.7. The van der Waals surface area contributed by atoms with E-state index in [1.54, 1.807) is 0 Å². The Morgan fingerprint density at radius 1 is 0.833 bits per heavy atom. The van der Waals surface area contributed by atoms with Gasteiger partial charge in [-0.1, -0.05) is 111 Å². The van der Waals surface area contributed by atoms with Crippen LogP contribution in [0.25, 0.3) is 0 Å². The molecule has 0 unspecified atom stereocenters. The quantitative estimate of drug-likeness (QED) is 0.329. The van der Waals surface area contributed by atoms with E-state index in [-0.39, 0.29) is 11.6 Å². The normalized spacial score (nSPS) is 13.1. The van der Waals surface area contributed by atoms with Crippen molar-refractivity contribution in [3.8, 4) is 0 Å². The summed E-state index contributed by atoms with van der Waals surface area (Å²) in [5.74, 6) is 0.767. The van der Waals surface area contributed by atoms with Crippen LogP contribution < -0.4 is 5.56 Å². The number of rotatable bonds is 5. The smallest absolute Gasteiger partial charge is 0.259 e. The maximum absolute atomic E-state index is 14.0. The van der Waals surface area contributed by atoms with Gasteiger partial charge in [-0.25, -0.2) is 4.98 Å². The zero-order valence-electron chi connectivity index (χ0n) is 21.9. The van der Waals surface area contributed by atoms with Gasteiger partial charge >= 0.3 is 0 Å². The Bertz CT molecular complexity index is 1270. The highest BCUT2D eigenvalue weighted by Gasteiger charge is 2.26. The third kappa shape index (κ3) is 5.83. The van der Waals surface area contributed by atoms with Gasteiger partial charge in [0.05, 0.1) is 17.3 Å². The summed E-state index contributed by atoms with van der Waals surface area (Å²) in [6, 6.07) is 28.9. The average molecular weight is 480 g/mol. The molecule has 0 amide bonds. The maximum atomic E-state index is 14.0. The fourth-order valence-electron chi connectivity index (χ4n) is 4.82. The molecule has 0 spiro atoms. The average Bonchev–Trinajstić information content (AvgIpc) is 2.90. The van der Waals surface area contributed by atoms with Gasteiger partial charge in [0.25, 0.3) is 5.56 Å². The molecule has 0 bridgehead atoms. The minimum atomic E-state index is -0.204. The molecule has 5 rings (SSSR count). The van der Waals surface area contributed by atoms with Gasteiger partial charge in [-0.3, -0.25) is 14.3 Å². The second kappa shape index (κ2) is 12.0. The van der Waals surface area contributed by atoms with Crippen LogP contribution in [-0.2, 0) is 19.5 Å². The topological polar surface area (TPSA) is 38.1 Å². The van der Waals surface area contributed by atoms with Crippen molar-refractivity contribution in [2.24, 2.45) is 0 Å². The van der Waals surface area contributed by atoms with Crippen LogP contribution in [0.1, 0.15) is 65.6 Å². The number of hydrogen-bond acceptors (Lipinski definition) is 3. The summed E-state index contributed by atoms with van der Waals surface area (Å²) >= 11 is 0. The van der Waals surface area contributed by atoms with Crippen LogP contribution in [-0.4, -0.2) is 21.0 Å². The lowest BCUT2D eigenvalue weighted by atomic mass is 9.97. The summed E-state index contributed by atoms with van der Waals surface area (Å²) in [4.78, 5) is 21.3. The molecular weight excluding hydrogens is 442 g/mol. The first-order valence-electron chi connectivity index (χ1n) is 13.0. The van der Waals surface area contributed by atoms with Crippen molar-refractivity contribution in [2.45, 2.75) is 59.7 Å². The van der Waals surface area contributed by atoms with E-state index in [0.717, 1.165) is 47.7 Å². The molecule has 4 nitrogen and oxygen atoms in total. The minimum Gasteiger partial charge on any atom is -0.294 e. The molecular formula is C32H37N3O. The summed E-state index contributed by atoms with van der Waals surface area (Å²) in [7, 11) is 0. The van der Waals surface area contributed by atoms with Crippen molar-refractivity contribution < 1.29 is 0 Å². The number of fused-ring (bicyclic) bond motifs is 1. The first-order valence-corrected chi connectivity index (χ1v) is 13.0. The molecule has 0 saturated heterocycles.